The van der Waals surface area contributed by atoms with Gasteiger partial charge in [0.25, 0.3) is 17.1 Å². The number of rotatable bonds is 5. The number of Topliss-reactive ketones (excluding diaryl/α,β-unsaturated/α-hetero) is 1. The first-order valence-electron chi connectivity index (χ1n) is 10.6. The first kappa shape index (κ1) is 23.0. The molecule has 7 nitrogen and oxygen atoms in total. The Morgan fingerprint density at radius 2 is 1.97 bits per heavy atom. The number of nitrogens with zero attached hydrogens (tertiary/aromatic N) is 1. The lowest BCUT2D eigenvalue weighted by atomic mass is 9.75. The molecule has 1 fully saturated rings. The van der Waals surface area contributed by atoms with Crippen molar-refractivity contribution in [3.63, 3.8) is 0 Å². The molecule has 3 amide bonds. The maximum absolute atomic E-state index is 13.9. The minimum absolute atomic E-state index is 0.0174. The second-order valence-electron chi connectivity index (χ2n) is 9.03. The summed E-state index contributed by atoms with van der Waals surface area (Å²) < 4.78 is 13.9. The van der Waals surface area contributed by atoms with Crippen LogP contribution < -0.4 is 5.32 Å². The van der Waals surface area contributed by atoms with Crippen molar-refractivity contribution in [1.82, 2.24) is 15.2 Å². The van der Waals surface area contributed by atoms with E-state index in [0.29, 0.717) is 29.7 Å². The van der Waals surface area contributed by atoms with Crippen molar-refractivity contribution < 1.29 is 23.6 Å². The van der Waals surface area contributed by atoms with Crippen LogP contribution in [0.4, 0.5) is 9.18 Å². The van der Waals surface area contributed by atoms with Crippen LogP contribution in [0.1, 0.15) is 57.9 Å². The number of imide groups is 1. The fraction of sp³-hybridized carbons (Fsp3) is 0.333. The van der Waals surface area contributed by atoms with Gasteiger partial charge in [-0.2, -0.15) is 0 Å². The predicted molar refractivity (Wildman–Crippen MR) is 123 cm³/mol. The van der Waals surface area contributed by atoms with E-state index in [4.69, 9.17) is 0 Å². The van der Waals surface area contributed by atoms with E-state index in [1.165, 1.54) is 18.2 Å². The maximum Gasteiger partial charge on any atom is 0.293 e. The molecule has 0 atom stereocenters. The monoisotopic (exact) mass is 469 g/mol. The second kappa shape index (κ2) is 8.62. The van der Waals surface area contributed by atoms with Crippen molar-refractivity contribution in [2.45, 2.75) is 33.6 Å². The molecule has 1 aliphatic heterocycles. The van der Waals surface area contributed by atoms with Crippen molar-refractivity contribution >= 4 is 40.7 Å². The number of ketones is 1. The molecule has 1 aromatic heterocycles. The number of thioether (sulfide) groups is 1. The number of carbonyl (C=O) groups is 4. The number of benzene rings is 1. The number of fused-ring (bicyclic) bond motifs is 1. The molecule has 2 heterocycles. The van der Waals surface area contributed by atoms with Gasteiger partial charge in [-0.05, 0) is 48.2 Å². The van der Waals surface area contributed by atoms with Gasteiger partial charge in [0.15, 0.2) is 5.78 Å². The van der Waals surface area contributed by atoms with Gasteiger partial charge in [0, 0.05) is 36.3 Å². The standard InChI is InChI=1S/C24H24FN3O4S/c1-13-19-16(11-24(2,3)12-17(19)29)27-20(13)21(30)26-8-9-28-22(31)18(33-23(28)32)10-14-6-4-5-7-15(14)25/h4-7,10,27H,8-9,11-12H2,1-3H3,(H,26,30). The number of aromatic amines is 1. The summed E-state index contributed by atoms with van der Waals surface area (Å²) in [5, 5.41) is 2.23. The van der Waals surface area contributed by atoms with Gasteiger partial charge in [-0.15, -0.1) is 0 Å². The lowest BCUT2D eigenvalue weighted by Crippen LogP contribution is -2.37. The largest absolute Gasteiger partial charge is 0.354 e. The number of nitrogens with one attached hydrogen (secondary N) is 2. The number of halogens is 1. The van der Waals surface area contributed by atoms with Crippen molar-refractivity contribution in [1.29, 1.82) is 0 Å². The highest BCUT2D eigenvalue weighted by molar-refractivity contribution is 8.18. The third-order valence-electron chi connectivity index (χ3n) is 5.81. The zero-order valence-electron chi connectivity index (χ0n) is 18.6. The Labute approximate surface area is 194 Å². The molecule has 0 radical (unpaired) electrons. The number of aromatic nitrogens is 1. The molecule has 9 heteroatoms. The molecule has 172 valence electrons. The molecule has 0 unspecified atom stereocenters. The highest BCUT2D eigenvalue weighted by atomic mass is 32.2. The fourth-order valence-electron chi connectivity index (χ4n) is 4.26. The van der Waals surface area contributed by atoms with Crippen LogP contribution >= 0.6 is 11.8 Å². The van der Waals surface area contributed by atoms with E-state index in [-0.39, 0.29) is 34.8 Å². The quantitative estimate of drug-likeness (QED) is 0.643. The number of amides is 3. The van der Waals surface area contributed by atoms with E-state index < -0.39 is 22.9 Å². The van der Waals surface area contributed by atoms with Crippen LogP contribution in [0.2, 0.25) is 0 Å². The van der Waals surface area contributed by atoms with Crippen molar-refractivity contribution in [2.24, 2.45) is 5.41 Å². The third-order valence-corrected chi connectivity index (χ3v) is 6.72. The summed E-state index contributed by atoms with van der Waals surface area (Å²) in [7, 11) is 0. The summed E-state index contributed by atoms with van der Waals surface area (Å²) in [6.07, 6.45) is 2.46. The molecule has 0 spiro atoms. The van der Waals surface area contributed by atoms with Gasteiger partial charge in [-0.1, -0.05) is 32.0 Å². The summed E-state index contributed by atoms with van der Waals surface area (Å²) in [5.41, 5.74) is 2.34. The van der Waals surface area contributed by atoms with Gasteiger partial charge in [0.2, 0.25) is 0 Å². The third kappa shape index (κ3) is 4.50. The molecular formula is C24H24FN3O4S. The molecule has 4 rings (SSSR count). The van der Waals surface area contributed by atoms with Crippen LogP contribution in [0.3, 0.4) is 0 Å². The maximum atomic E-state index is 13.9. The molecule has 1 aromatic carbocycles. The van der Waals surface area contributed by atoms with Crippen molar-refractivity contribution in [2.75, 3.05) is 13.1 Å². The molecular weight excluding hydrogens is 445 g/mol. The van der Waals surface area contributed by atoms with Crippen LogP contribution in [0.5, 0.6) is 0 Å². The average molecular weight is 470 g/mol. The van der Waals surface area contributed by atoms with E-state index in [0.717, 1.165) is 22.4 Å². The van der Waals surface area contributed by atoms with Crippen molar-refractivity contribution in [3.8, 4) is 0 Å². The van der Waals surface area contributed by atoms with Gasteiger partial charge in [0.1, 0.15) is 11.5 Å². The summed E-state index contributed by atoms with van der Waals surface area (Å²) in [5.74, 6) is -1.39. The summed E-state index contributed by atoms with van der Waals surface area (Å²) in [4.78, 5) is 54.4. The molecule has 2 aromatic rings. The van der Waals surface area contributed by atoms with Crippen LogP contribution in [0.25, 0.3) is 6.08 Å². The molecule has 1 aliphatic carbocycles. The molecule has 2 aliphatic rings. The normalized spacial score (nSPS) is 18.7. The Bertz CT molecular complexity index is 1210. The van der Waals surface area contributed by atoms with Crippen molar-refractivity contribution in [3.05, 3.63) is 63.1 Å². The highest BCUT2D eigenvalue weighted by Gasteiger charge is 2.36. The summed E-state index contributed by atoms with van der Waals surface area (Å²) in [6.45, 7) is 5.80. The van der Waals surface area contributed by atoms with Crippen LogP contribution in [-0.4, -0.2) is 45.8 Å². The highest BCUT2D eigenvalue weighted by Crippen LogP contribution is 2.37. The average Bonchev–Trinajstić information content (AvgIpc) is 3.19. The Hall–Kier alpha value is -3.20. The Kier molecular flexibility index (Phi) is 6.00. The zero-order valence-corrected chi connectivity index (χ0v) is 19.4. The van der Waals surface area contributed by atoms with E-state index in [9.17, 15) is 23.6 Å². The minimum Gasteiger partial charge on any atom is -0.354 e. The number of hydrogen-bond donors (Lipinski definition) is 2. The molecule has 33 heavy (non-hydrogen) atoms. The number of carbonyl (C=O) groups excluding carboxylic acids is 4. The molecule has 2 N–H and O–H groups in total. The topological polar surface area (TPSA) is 99.3 Å². The Balaban J connectivity index is 1.41. The summed E-state index contributed by atoms with van der Waals surface area (Å²) in [6, 6.07) is 5.98. The van der Waals surface area contributed by atoms with Gasteiger partial charge in [0.05, 0.1) is 4.91 Å². The molecule has 1 saturated heterocycles. The molecule has 0 saturated carbocycles. The summed E-state index contributed by atoms with van der Waals surface area (Å²) >= 11 is 0.737. The van der Waals surface area contributed by atoms with Crippen LogP contribution in [0.15, 0.2) is 29.2 Å². The van der Waals surface area contributed by atoms with E-state index >= 15 is 0 Å². The van der Waals surface area contributed by atoms with Gasteiger partial charge in [-0.25, -0.2) is 4.39 Å². The first-order valence-corrected chi connectivity index (χ1v) is 11.4. The lowest BCUT2D eigenvalue weighted by molar-refractivity contribution is -0.122. The van der Waals surface area contributed by atoms with Gasteiger partial charge >= 0.3 is 0 Å². The molecule has 0 bridgehead atoms. The number of H-pyrrole nitrogens is 1. The van der Waals surface area contributed by atoms with Gasteiger partial charge < -0.3 is 10.3 Å². The predicted octanol–water partition coefficient (Wildman–Crippen LogP) is 4.08. The van der Waals surface area contributed by atoms with Crippen LogP contribution in [-0.2, 0) is 11.2 Å². The van der Waals surface area contributed by atoms with E-state index in [1.807, 2.05) is 13.8 Å². The zero-order chi connectivity index (χ0) is 23.9. The Morgan fingerprint density at radius 1 is 1.24 bits per heavy atom. The van der Waals surface area contributed by atoms with Gasteiger partial charge in [-0.3, -0.25) is 24.1 Å². The van der Waals surface area contributed by atoms with E-state index in [1.54, 1.807) is 19.1 Å². The smallest absolute Gasteiger partial charge is 0.293 e. The van der Waals surface area contributed by atoms with E-state index in [2.05, 4.69) is 10.3 Å². The number of hydrogen-bond acceptors (Lipinski definition) is 5. The fourth-order valence-corrected chi connectivity index (χ4v) is 5.11. The van der Waals surface area contributed by atoms with Crippen LogP contribution in [0, 0.1) is 18.2 Å². The Morgan fingerprint density at radius 3 is 2.70 bits per heavy atom. The minimum atomic E-state index is -0.526. The first-order chi connectivity index (χ1) is 15.6. The SMILES string of the molecule is Cc1c(C(=O)NCCN2C(=O)SC(=Cc3ccccc3F)C2=O)[nH]c2c1C(=O)CC(C)(C)C2. The lowest BCUT2D eigenvalue weighted by Gasteiger charge is -2.28. The second-order valence-corrected chi connectivity index (χ2v) is 10.0.